The van der Waals surface area contributed by atoms with E-state index < -0.39 is 11.6 Å². The van der Waals surface area contributed by atoms with Crippen LogP contribution in [0.3, 0.4) is 0 Å². The number of benzene rings is 1. The summed E-state index contributed by atoms with van der Waals surface area (Å²) < 4.78 is 1.44. The largest absolute Gasteiger partial charge is 0.364 e. The SMILES string of the molecule is Cc1ccc(-n2c(=O)[nH]c3c(C(N)=O)nc(-c4cc(C5=CC=CCC5)cs4)nc32)cc1. The first kappa shape index (κ1) is 19.2. The molecule has 5 rings (SSSR count). The average molecular weight is 430 g/mol. The number of primary amides is 1. The number of nitrogens with two attached hydrogens (primary N) is 1. The summed E-state index contributed by atoms with van der Waals surface area (Å²) in [5, 5.41) is 2.06. The van der Waals surface area contributed by atoms with Crippen molar-refractivity contribution in [3.63, 3.8) is 0 Å². The number of carbonyl (C=O) groups is 1. The second-order valence-corrected chi connectivity index (χ2v) is 8.33. The summed E-state index contributed by atoms with van der Waals surface area (Å²) in [6.07, 6.45) is 8.30. The number of thiophene rings is 1. The molecule has 0 atom stereocenters. The lowest BCUT2D eigenvalue weighted by Crippen LogP contribution is -2.15. The Hall–Kier alpha value is -3.78. The Morgan fingerprint density at radius 3 is 2.74 bits per heavy atom. The van der Waals surface area contributed by atoms with Crippen LogP contribution in [0.15, 0.2) is 58.7 Å². The Balaban J connectivity index is 1.70. The number of allylic oxidation sites excluding steroid dienone is 4. The van der Waals surface area contributed by atoms with Crippen molar-refractivity contribution >= 4 is 34.0 Å². The molecule has 3 heterocycles. The van der Waals surface area contributed by atoms with Gasteiger partial charge in [0.2, 0.25) is 0 Å². The fourth-order valence-corrected chi connectivity index (χ4v) is 4.54. The fraction of sp³-hybridized carbons (Fsp3) is 0.130. The molecule has 1 aliphatic rings. The quantitative estimate of drug-likeness (QED) is 0.512. The maximum absolute atomic E-state index is 12.7. The zero-order valence-electron chi connectivity index (χ0n) is 16.8. The van der Waals surface area contributed by atoms with Gasteiger partial charge in [-0.1, -0.05) is 35.9 Å². The minimum Gasteiger partial charge on any atom is -0.364 e. The summed E-state index contributed by atoms with van der Waals surface area (Å²) in [5.74, 6) is -0.354. The van der Waals surface area contributed by atoms with Gasteiger partial charge in [0.05, 0.1) is 10.6 Å². The molecule has 1 amide bonds. The molecule has 7 nitrogen and oxygen atoms in total. The van der Waals surface area contributed by atoms with E-state index in [1.165, 1.54) is 21.5 Å². The Kier molecular flexibility index (Phi) is 4.63. The summed E-state index contributed by atoms with van der Waals surface area (Å²) in [5.41, 5.74) is 9.82. The van der Waals surface area contributed by atoms with E-state index in [0.29, 0.717) is 17.2 Å². The minimum atomic E-state index is -0.720. The molecule has 154 valence electrons. The van der Waals surface area contributed by atoms with Crippen molar-refractivity contribution in [1.29, 1.82) is 0 Å². The van der Waals surface area contributed by atoms with Crippen LogP contribution in [0.25, 0.3) is 33.1 Å². The lowest BCUT2D eigenvalue weighted by molar-refractivity contribution is 0.0997. The van der Waals surface area contributed by atoms with Crippen LogP contribution in [0, 0.1) is 6.92 Å². The highest BCUT2D eigenvalue weighted by Gasteiger charge is 2.21. The third-order valence-corrected chi connectivity index (χ3v) is 6.19. The van der Waals surface area contributed by atoms with E-state index in [9.17, 15) is 9.59 Å². The first-order valence-corrected chi connectivity index (χ1v) is 10.7. The number of rotatable bonds is 4. The second-order valence-electron chi connectivity index (χ2n) is 7.42. The predicted octanol–water partition coefficient (Wildman–Crippen LogP) is 3.98. The number of aromatic amines is 1. The second kappa shape index (κ2) is 7.48. The summed E-state index contributed by atoms with van der Waals surface area (Å²) in [4.78, 5) is 37.4. The predicted molar refractivity (Wildman–Crippen MR) is 122 cm³/mol. The van der Waals surface area contributed by atoms with Crippen molar-refractivity contribution in [2.24, 2.45) is 5.73 Å². The molecule has 0 aliphatic heterocycles. The molecule has 0 radical (unpaired) electrons. The molecule has 4 aromatic rings. The number of fused-ring (bicyclic) bond motifs is 1. The number of aromatic nitrogens is 4. The van der Waals surface area contributed by atoms with Crippen LogP contribution in [0.4, 0.5) is 0 Å². The van der Waals surface area contributed by atoms with Crippen LogP contribution in [0.1, 0.15) is 34.5 Å². The Labute approximate surface area is 181 Å². The van der Waals surface area contributed by atoms with Gasteiger partial charge in [-0.25, -0.2) is 19.3 Å². The van der Waals surface area contributed by atoms with Gasteiger partial charge in [0, 0.05) is 0 Å². The lowest BCUT2D eigenvalue weighted by atomic mass is 10.00. The molecule has 0 spiro atoms. The van der Waals surface area contributed by atoms with Crippen molar-refractivity contribution in [2.75, 3.05) is 0 Å². The highest BCUT2D eigenvalue weighted by atomic mass is 32.1. The number of carbonyl (C=O) groups excluding carboxylic acids is 1. The minimum absolute atomic E-state index is 0.00210. The van der Waals surface area contributed by atoms with Crippen molar-refractivity contribution in [1.82, 2.24) is 19.5 Å². The number of amides is 1. The topological polar surface area (TPSA) is 107 Å². The smallest absolute Gasteiger partial charge is 0.332 e. The number of nitrogens with zero attached hydrogens (tertiary/aromatic N) is 3. The highest BCUT2D eigenvalue weighted by molar-refractivity contribution is 7.13. The number of hydrogen-bond donors (Lipinski definition) is 2. The standard InChI is InChI=1S/C23H19N5O2S/c1-13-7-9-16(10-8-13)28-22-19(26-23(28)30)18(20(24)29)25-21(27-22)17-11-15(12-31-17)14-5-3-2-4-6-14/h2-3,5,7-12H,4,6H2,1H3,(H2,24,29)(H,26,30). The van der Waals surface area contributed by atoms with E-state index in [1.54, 1.807) is 0 Å². The molecular weight excluding hydrogens is 410 g/mol. The molecule has 0 saturated heterocycles. The third kappa shape index (κ3) is 3.40. The molecule has 0 saturated carbocycles. The van der Waals surface area contributed by atoms with Gasteiger partial charge in [-0.05, 0) is 54.5 Å². The van der Waals surface area contributed by atoms with Gasteiger partial charge < -0.3 is 10.7 Å². The van der Waals surface area contributed by atoms with Crippen LogP contribution >= 0.6 is 11.3 Å². The Bertz CT molecular complexity index is 1440. The molecule has 0 bridgehead atoms. The van der Waals surface area contributed by atoms with E-state index in [2.05, 4.69) is 38.6 Å². The van der Waals surface area contributed by atoms with E-state index in [1.807, 2.05) is 37.3 Å². The third-order valence-electron chi connectivity index (χ3n) is 5.27. The van der Waals surface area contributed by atoms with Crippen LogP contribution in [0.5, 0.6) is 0 Å². The first-order chi connectivity index (χ1) is 15.0. The fourth-order valence-electron chi connectivity index (χ4n) is 3.67. The van der Waals surface area contributed by atoms with Gasteiger partial charge in [0.15, 0.2) is 17.2 Å². The van der Waals surface area contributed by atoms with E-state index >= 15 is 0 Å². The van der Waals surface area contributed by atoms with E-state index in [-0.39, 0.29) is 11.2 Å². The number of nitrogens with one attached hydrogen (secondary N) is 1. The Morgan fingerprint density at radius 2 is 2.03 bits per heavy atom. The number of H-pyrrole nitrogens is 1. The van der Waals surface area contributed by atoms with Crippen molar-refractivity contribution in [2.45, 2.75) is 19.8 Å². The van der Waals surface area contributed by atoms with Gasteiger partial charge in [0.25, 0.3) is 5.91 Å². The normalized spacial score (nSPS) is 13.5. The molecule has 1 aromatic carbocycles. The zero-order chi connectivity index (χ0) is 21.5. The van der Waals surface area contributed by atoms with Gasteiger partial charge >= 0.3 is 5.69 Å². The molecule has 31 heavy (non-hydrogen) atoms. The molecule has 0 unspecified atom stereocenters. The summed E-state index contributed by atoms with van der Waals surface area (Å²) in [6, 6.07) is 9.51. The van der Waals surface area contributed by atoms with Crippen LogP contribution in [-0.2, 0) is 0 Å². The van der Waals surface area contributed by atoms with Gasteiger partial charge in [-0.3, -0.25) is 4.79 Å². The zero-order valence-corrected chi connectivity index (χ0v) is 17.6. The van der Waals surface area contributed by atoms with Crippen LogP contribution < -0.4 is 11.4 Å². The summed E-state index contributed by atoms with van der Waals surface area (Å²) in [6.45, 7) is 1.97. The number of imidazole rings is 1. The molecule has 0 fully saturated rings. The van der Waals surface area contributed by atoms with Crippen molar-refractivity contribution < 1.29 is 4.79 Å². The van der Waals surface area contributed by atoms with Crippen LogP contribution in [0.2, 0.25) is 0 Å². The lowest BCUT2D eigenvalue weighted by Gasteiger charge is -2.07. The number of hydrogen-bond acceptors (Lipinski definition) is 5. The summed E-state index contributed by atoms with van der Waals surface area (Å²) >= 11 is 1.50. The van der Waals surface area contributed by atoms with E-state index in [0.717, 1.165) is 28.8 Å². The Morgan fingerprint density at radius 1 is 1.23 bits per heavy atom. The van der Waals surface area contributed by atoms with Crippen molar-refractivity contribution in [3.8, 4) is 16.4 Å². The number of aryl methyl sites for hydroxylation is 1. The highest BCUT2D eigenvalue weighted by Crippen LogP contribution is 2.32. The molecule has 3 N–H and O–H groups in total. The summed E-state index contributed by atoms with van der Waals surface area (Å²) in [7, 11) is 0. The molecule has 1 aliphatic carbocycles. The first-order valence-electron chi connectivity index (χ1n) is 9.86. The van der Waals surface area contributed by atoms with Gasteiger partial charge in [-0.2, -0.15) is 0 Å². The monoisotopic (exact) mass is 429 g/mol. The average Bonchev–Trinajstić information content (AvgIpc) is 3.39. The maximum atomic E-state index is 12.7. The van der Waals surface area contributed by atoms with Crippen molar-refractivity contribution in [3.05, 3.63) is 81.2 Å². The molecular formula is C23H19N5O2S. The van der Waals surface area contributed by atoms with Gasteiger partial charge in [0.1, 0.15) is 5.52 Å². The maximum Gasteiger partial charge on any atom is 0.332 e. The van der Waals surface area contributed by atoms with Gasteiger partial charge in [-0.15, -0.1) is 11.3 Å². The van der Waals surface area contributed by atoms with E-state index in [4.69, 9.17) is 5.73 Å². The molecule has 8 heteroatoms. The molecule has 3 aromatic heterocycles. The van der Waals surface area contributed by atoms with Crippen LogP contribution in [-0.4, -0.2) is 25.4 Å².